The van der Waals surface area contributed by atoms with Gasteiger partial charge in [0, 0.05) is 21.6 Å². The van der Waals surface area contributed by atoms with Crippen LogP contribution in [0.3, 0.4) is 0 Å². The molecule has 2 aromatic rings. The number of carbonyl (C=O) groups excluding carboxylic acids is 1. The van der Waals surface area contributed by atoms with Gasteiger partial charge in [0.2, 0.25) is 0 Å². The lowest BCUT2D eigenvalue weighted by Crippen LogP contribution is -2.54. The monoisotopic (exact) mass is 483 g/mol. The molecule has 0 unspecified atom stereocenters. The minimum Gasteiger partial charge on any atom is -0.497 e. The Morgan fingerprint density at radius 3 is 2.23 bits per heavy atom. The van der Waals surface area contributed by atoms with Crippen LogP contribution in [0.5, 0.6) is 11.5 Å². The molecule has 0 spiro atoms. The van der Waals surface area contributed by atoms with Gasteiger partial charge in [-0.05, 0) is 92.0 Å². The van der Waals surface area contributed by atoms with E-state index in [0.717, 1.165) is 23.1 Å². The molecule has 4 nitrogen and oxygen atoms in total. The smallest absolute Gasteiger partial charge is 0.255 e. The number of nitrogens with one attached hydrogen (secondary N) is 1. The first-order valence-corrected chi connectivity index (χ1v) is 12.0. The zero-order chi connectivity index (χ0) is 21.8. The number of hydrogen-bond donors (Lipinski definition) is 1. The molecule has 6 rings (SSSR count). The van der Waals surface area contributed by atoms with E-state index in [1.165, 1.54) is 44.1 Å². The Morgan fingerprint density at radius 2 is 1.65 bits per heavy atom. The van der Waals surface area contributed by atoms with Crippen LogP contribution in [0, 0.1) is 18.8 Å². The Bertz CT molecular complexity index is 997. The molecule has 0 radical (unpaired) electrons. The summed E-state index contributed by atoms with van der Waals surface area (Å²) >= 11 is 4.13. The number of hydrogen-bond acceptors (Lipinski definition) is 3. The second-order valence-electron chi connectivity index (χ2n) is 9.98. The van der Waals surface area contributed by atoms with Crippen LogP contribution in [0.1, 0.15) is 60.0 Å². The zero-order valence-electron chi connectivity index (χ0n) is 18.5. The highest BCUT2D eigenvalue weighted by Crippen LogP contribution is 2.65. The molecule has 0 saturated heterocycles. The SMILES string of the molecule is COc1cc(OC)cc(C(=O)Nc2cc(C34C[C@@H]5C[C@H](CC(Br)(C5)C3)C4)ccc2C)c1. The Kier molecular flexibility index (Phi) is 5.08. The van der Waals surface area contributed by atoms with Gasteiger partial charge in [-0.1, -0.05) is 28.1 Å². The molecule has 2 atom stereocenters. The average molecular weight is 484 g/mol. The van der Waals surface area contributed by atoms with Gasteiger partial charge in [0.25, 0.3) is 5.91 Å². The fourth-order valence-electron chi connectivity index (χ4n) is 6.71. The molecule has 4 aliphatic carbocycles. The van der Waals surface area contributed by atoms with Gasteiger partial charge in [-0.2, -0.15) is 0 Å². The van der Waals surface area contributed by atoms with Crippen LogP contribution in [0.2, 0.25) is 0 Å². The lowest BCUT2D eigenvalue weighted by molar-refractivity contribution is 0.0150. The van der Waals surface area contributed by atoms with E-state index < -0.39 is 0 Å². The van der Waals surface area contributed by atoms with Crippen molar-refractivity contribution in [3.05, 3.63) is 53.1 Å². The summed E-state index contributed by atoms with van der Waals surface area (Å²) in [6.45, 7) is 2.05. The summed E-state index contributed by atoms with van der Waals surface area (Å²) in [4.78, 5) is 13.1. The molecule has 2 aromatic carbocycles. The van der Waals surface area contributed by atoms with Crippen LogP contribution in [-0.2, 0) is 5.41 Å². The van der Waals surface area contributed by atoms with Crippen LogP contribution in [0.25, 0.3) is 0 Å². The third-order valence-electron chi connectivity index (χ3n) is 7.70. The van der Waals surface area contributed by atoms with Gasteiger partial charge in [0.05, 0.1) is 14.2 Å². The maximum atomic E-state index is 13.1. The van der Waals surface area contributed by atoms with E-state index in [1.54, 1.807) is 32.4 Å². The predicted octanol–water partition coefficient (Wildman–Crippen LogP) is 6.25. The van der Waals surface area contributed by atoms with Crippen molar-refractivity contribution < 1.29 is 14.3 Å². The summed E-state index contributed by atoms with van der Waals surface area (Å²) < 4.78 is 11.0. The van der Waals surface area contributed by atoms with Crippen molar-refractivity contribution in [2.24, 2.45) is 11.8 Å². The summed E-state index contributed by atoms with van der Waals surface area (Å²) in [7, 11) is 3.18. The average Bonchev–Trinajstić information content (AvgIpc) is 2.73. The van der Waals surface area contributed by atoms with E-state index in [9.17, 15) is 4.79 Å². The maximum absolute atomic E-state index is 13.1. The van der Waals surface area contributed by atoms with Crippen LogP contribution in [-0.4, -0.2) is 24.5 Å². The van der Waals surface area contributed by atoms with Gasteiger partial charge in [-0.25, -0.2) is 0 Å². The molecule has 31 heavy (non-hydrogen) atoms. The zero-order valence-corrected chi connectivity index (χ0v) is 20.1. The van der Waals surface area contributed by atoms with Crippen molar-refractivity contribution in [1.82, 2.24) is 0 Å². The molecule has 5 heteroatoms. The molecule has 164 valence electrons. The van der Waals surface area contributed by atoms with Crippen LogP contribution in [0.4, 0.5) is 5.69 Å². The van der Waals surface area contributed by atoms with Gasteiger partial charge in [-0.15, -0.1) is 0 Å². The first-order chi connectivity index (χ1) is 14.8. The Hall–Kier alpha value is -2.01. The molecule has 0 heterocycles. The van der Waals surface area contributed by atoms with Crippen LogP contribution >= 0.6 is 15.9 Å². The molecule has 4 fully saturated rings. The number of carbonyl (C=O) groups is 1. The second-order valence-corrected chi connectivity index (χ2v) is 11.7. The standard InChI is InChI=1S/C26H30BrNO3/c1-16-4-5-20(25-11-17-6-18(12-25)14-26(27,13-17)15-25)9-23(16)28-24(29)19-7-21(30-2)10-22(8-19)31-3/h4-5,7-10,17-18H,6,11-15H2,1-3H3,(H,28,29)/t17-,18-,25?,26?/m0/s1. The fourth-order valence-corrected chi connectivity index (χ4v) is 8.16. The number of ether oxygens (including phenoxy) is 2. The van der Waals surface area contributed by atoms with Crippen molar-refractivity contribution in [1.29, 1.82) is 0 Å². The quantitative estimate of drug-likeness (QED) is 0.511. The highest BCUT2D eigenvalue weighted by molar-refractivity contribution is 9.10. The van der Waals surface area contributed by atoms with Gasteiger partial charge >= 0.3 is 0 Å². The number of anilines is 1. The van der Waals surface area contributed by atoms with E-state index in [2.05, 4.69) is 46.4 Å². The van der Waals surface area contributed by atoms with Gasteiger partial charge in [0.1, 0.15) is 11.5 Å². The minimum atomic E-state index is -0.153. The molecule has 1 N–H and O–H groups in total. The van der Waals surface area contributed by atoms with Crippen molar-refractivity contribution in [2.45, 2.75) is 55.2 Å². The number of alkyl halides is 1. The van der Waals surface area contributed by atoms with Gasteiger partial charge in [0.15, 0.2) is 0 Å². The third-order valence-corrected chi connectivity index (χ3v) is 8.63. The first-order valence-electron chi connectivity index (χ1n) is 11.2. The molecule has 0 aliphatic heterocycles. The molecule has 1 amide bonds. The summed E-state index contributed by atoms with van der Waals surface area (Å²) in [6.07, 6.45) is 7.79. The van der Waals surface area contributed by atoms with E-state index in [1.807, 2.05) is 0 Å². The van der Waals surface area contributed by atoms with Crippen molar-refractivity contribution >= 4 is 27.5 Å². The number of methoxy groups -OCH3 is 2. The van der Waals surface area contributed by atoms with E-state index in [4.69, 9.17) is 9.47 Å². The van der Waals surface area contributed by atoms with E-state index in [-0.39, 0.29) is 11.3 Å². The lowest BCUT2D eigenvalue weighted by Gasteiger charge is -2.60. The Labute approximate surface area is 192 Å². The van der Waals surface area contributed by atoms with Gasteiger partial charge < -0.3 is 14.8 Å². The highest BCUT2D eigenvalue weighted by atomic mass is 79.9. The van der Waals surface area contributed by atoms with Crippen LogP contribution in [0.15, 0.2) is 36.4 Å². The number of amides is 1. The van der Waals surface area contributed by atoms with Crippen LogP contribution < -0.4 is 14.8 Å². The Morgan fingerprint density at radius 1 is 1.00 bits per heavy atom. The topological polar surface area (TPSA) is 47.6 Å². The number of benzene rings is 2. The second kappa shape index (κ2) is 7.54. The maximum Gasteiger partial charge on any atom is 0.255 e. The first kappa shape index (κ1) is 20.9. The third kappa shape index (κ3) is 3.75. The number of halogens is 1. The summed E-state index contributed by atoms with van der Waals surface area (Å²) in [5.74, 6) is 2.70. The normalized spacial score (nSPS) is 30.8. The highest BCUT2D eigenvalue weighted by Gasteiger charge is 2.57. The van der Waals surface area contributed by atoms with Crippen molar-refractivity contribution in [3.8, 4) is 11.5 Å². The fraction of sp³-hybridized carbons (Fsp3) is 0.500. The Balaban J connectivity index is 1.44. The number of rotatable bonds is 5. The largest absolute Gasteiger partial charge is 0.497 e. The molecule has 4 aliphatic rings. The molecule has 0 aromatic heterocycles. The van der Waals surface area contributed by atoms with Gasteiger partial charge in [-0.3, -0.25) is 4.79 Å². The summed E-state index contributed by atoms with van der Waals surface area (Å²) in [5, 5.41) is 3.15. The summed E-state index contributed by atoms with van der Waals surface area (Å²) in [5.41, 5.74) is 4.11. The minimum absolute atomic E-state index is 0.153. The number of aryl methyl sites for hydroxylation is 1. The lowest BCUT2D eigenvalue weighted by atomic mass is 9.48. The predicted molar refractivity (Wildman–Crippen MR) is 127 cm³/mol. The molecular formula is C26H30BrNO3. The molecular weight excluding hydrogens is 454 g/mol. The van der Waals surface area contributed by atoms with E-state index >= 15 is 0 Å². The molecule has 4 saturated carbocycles. The summed E-state index contributed by atoms with van der Waals surface area (Å²) in [6, 6.07) is 11.9. The van der Waals surface area contributed by atoms with Crippen molar-refractivity contribution in [3.63, 3.8) is 0 Å². The van der Waals surface area contributed by atoms with Crippen molar-refractivity contribution in [2.75, 3.05) is 19.5 Å². The molecule has 4 bridgehead atoms. The van der Waals surface area contributed by atoms with E-state index in [0.29, 0.717) is 21.4 Å².